The Labute approximate surface area is 130 Å². The van der Waals surface area contributed by atoms with Crippen LogP contribution >= 0.6 is 11.6 Å². The smallest absolute Gasteiger partial charge is 0.0870 e. The van der Waals surface area contributed by atoms with Crippen molar-refractivity contribution in [2.75, 3.05) is 6.54 Å². The van der Waals surface area contributed by atoms with Crippen molar-refractivity contribution < 1.29 is 5.11 Å². The number of aliphatic hydroxyl groups is 1. The van der Waals surface area contributed by atoms with E-state index in [1.54, 1.807) is 0 Å². The van der Waals surface area contributed by atoms with Gasteiger partial charge in [0.2, 0.25) is 0 Å². The summed E-state index contributed by atoms with van der Waals surface area (Å²) >= 11 is 5.93. The Morgan fingerprint density at radius 2 is 1.67 bits per heavy atom. The highest BCUT2D eigenvalue weighted by molar-refractivity contribution is 6.30. The number of hydrogen-bond donors (Lipinski definition) is 2. The Hall–Kier alpha value is -1.35. The molecule has 1 aliphatic rings. The highest BCUT2D eigenvalue weighted by Crippen LogP contribution is 2.33. The summed E-state index contributed by atoms with van der Waals surface area (Å²) in [5.41, 5.74) is 10.7. The van der Waals surface area contributed by atoms with E-state index >= 15 is 0 Å². The van der Waals surface area contributed by atoms with Crippen molar-refractivity contribution in [3.05, 3.63) is 69.7 Å². The molecule has 0 aliphatic heterocycles. The van der Waals surface area contributed by atoms with Crippen LogP contribution in [0, 0.1) is 0 Å². The molecule has 0 aromatic heterocycles. The second-order valence-electron chi connectivity index (χ2n) is 5.72. The maximum Gasteiger partial charge on any atom is 0.0870 e. The maximum atomic E-state index is 10.7. The van der Waals surface area contributed by atoms with Gasteiger partial charge in [0.05, 0.1) is 6.10 Å². The van der Waals surface area contributed by atoms with Crippen LogP contribution in [0.3, 0.4) is 0 Å². The van der Waals surface area contributed by atoms with Crippen LogP contribution < -0.4 is 5.73 Å². The second-order valence-corrected chi connectivity index (χ2v) is 6.16. The van der Waals surface area contributed by atoms with Crippen LogP contribution in [0.1, 0.15) is 40.7 Å². The van der Waals surface area contributed by atoms with Gasteiger partial charge in [-0.15, -0.1) is 0 Å². The molecule has 0 radical (unpaired) electrons. The Balaban J connectivity index is 1.88. The summed E-state index contributed by atoms with van der Waals surface area (Å²) in [6, 6.07) is 13.9. The number of fused-ring (bicyclic) bond motifs is 1. The van der Waals surface area contributed by atoms with E-state index in [-0.39, 0.29) is 5.92 Å². The quantitative estimate of drug-likeness (QED) is 0.906. The summed E-state index contributed by atoms with van der Waals surface area (Å²) in [7, 11) is 0. The average molecular weight is 302 g/mol. The third kappa shape index (κ3) is 2.98. The van der Waals surface area contributed by atoms with Gasteiger partial charge < -0.3 is 10.8 Å². The van der Waals surface area contributed by atoms with E-state index in [1.807, 2.05) is 30.3 Å². The van der Waals surface area contributed by atoms with Gasteiger partial charge in [0.25, 0.3) is 0 Å². The molecule has 0 bridgehead atoms. The number of halogens is 1. The molecule has 0 amide bonds. The standard InChI is InChI=1S/C18H20ClNO/c19-16-8-6-13(7-9-16)17(11-20)18(21)15-5-4-12-2-1-3-14(12)10-15/h4-10,17-18,21H,1-3,11,20H2. The molecule has 3 rings (SSSR count). The van der Waals surface area contributed by atoms with Gasteiger partial charge in [-0.1, -0.05) is 41.9 Å². The van der Waals surface area contributed by atoms with Crippen LogP contribution in [-0.2, 0) is 12.8 Å². The lowest BCUT2D eigenvalue weighted by atomic mass is 9.88. The van der Waals surface area contributed by atoms with E-state index < -0.39 is 6.10 Å². The van der Waals surface area contributed by atoms with Crippen molar-refractivity contribution in [3.63, 3.8) is 0 Å². The van der Waals surface area contributed by atoms with Crippen molar-refractivity contribution >= 4 is 11.6 Å². The van der Waals surface area contributed by atoms with Crippen molar-refractivity contribution in [1.29, 1.82) is 0 Å². The van der Waals surface area contributed by atoms with Crippen molar-refractivity contribution in [2.45, 2.75) is 31.3 Å². The van der Waals surface area contributed by atoms with Gasteiger partial charge in [0, 0.05) is 17.5 Å². The van der Waals surface area contributed by atoms with Gasteiger partial charge in [0.1, 0.15) is 0 Å². The van der Waals surface area contributed by atoms with Crippen molar-refractivity contribution in [1.82, 2.24) is 0 Å². The summed E-state index contributed by atoms with van der Waals surface area (Å²) in [5.74, 6) is -0.110. The van der Waals surface area contributed by atoms with Crippen LogP contribution in [-0.4, -0.2) is 11.7 Å². The van der Waals surface area contributed by atoms with Crippen LogP contribution in [0.5, 0.6) is 0 Å². The second kappa shape index (κ2) is 6.18. The number of rotatable bonds is 4. The first-order valence-electron chi connectivity index (χ1n) is 7.44. The molecule has 3 heteroatoms. The van der Waals surface area contributed by atoms with Crippen molar-refractivity contribution in [2.24, 2.45) is 5.73 Å². The molecule has 110 valence electrons. The average Bonchev–Trinajstić information content (AvgIpc) is 2.97. The number of hydrogen-bond acceptors (Lipinski definition) is 2. The molecular formula is C18H20ClNO. The fourth-order valence-corrected chi connectivity index (χ4v) is 3.29. The lowest BCUT2D eigenvalue weighted by Gasteiger charge is -2.23. The fraction of sp³-hybridized carbons (Fsp3) is 0.333. The fourth-order valence-electron chi connectivity index (χ4n) is 3.17. The largest absolute Gasteiger partial charge is 0.388 e. The molecule has 0 saturated heterocycles. The Morgan fingerprint density at radius 1 is 1.00 bits per heavy atom. The van der Waals surface area contributed by atoms with E-state index in [9.17, 15) is 5.11 Å². The molecule has 2 unspecified atom stereocenters. The van der Waals surface area contributed by atoms with Gasteiger partial charge in [-0.2, -0.15) is 0 Å². The first-order chi connectivity index (χ1) is 10.2. The van der Waals surface area contributed by atoms with E-state index in [2.05, 4.69) is 12.1 Å². The van der Waals surface area contributed by atoms with Crippen LogP contribution in [0.25, 0.3) is 0 Å². The summed E-state index contributed by atoms with van der Waals surface area (Å²) in [6.45, 7) is 0.403. The third-order valence-corrected chi connectivity index (χ3v) is 4.65. The molecule has 2 aromatic rings. The highest BCUT2D eigenvalue weighted by Gasteiger charge is 2.23. The molecule has 3 N–H and O–H groups in total. The number of aryl methyl sites for hydroxylation is 2. The van der Waals surface area contributed by atoms with Gasteiger partial charge in [0.15, 0.2) is 0 Å². The minimum absolute atomic E-state index is 0.110. The van der Waals surface area contributed by atoms with Gasteiger partial charge in [-0.3, -0.25) is 0 Å². The Kier molecular flexibility index (Phi) is 4.29. The zero-order chi connectivity index (χ0) is 14.8. The molecule has 1 aliphatic carbocycles. The Bertz CT molecular complexity index is 624. The van der Waals surface area contributed by atoms with Crippen LogP contribution in [0.4, 0.5) is 0 Å². The van der Waals surface area contributed by atoms with E-state index in [0.29, 0.717) is 11.6 Å². The minimum Gasteiger partial charge on any atom is -0.388 e. The van der Waals surface area contributed by atoms with E-state index in [4.69, 9.17) is 17.3 Å². The minimum atomic E-state index is -0.581. The molecule has 0 heterocycles. The normalized spacial score (nSPS) is 16.5. The first kappa shape index (κ1) is 14.6. The predicted octanol–water partition coefficient (Wildman–Crippen LogP) is 3.60. The SMILES string of the molecule is NCC(c1ccc(Cl)cc1)C(O)c1ccc2c(c1)CCC2. The predicted molar refractivity (Wildman–Crippen MR) is 86.7 cm³/mol. The molecule has 0 saturated carbocycles. The molecule has 2 nitrogen and oxygen atoms in total. The monoisotopic (exact) mass is 301 g/mol. The summed E-state index contributed by atoms with van der Waals surface area (Å²) in [5, 5.41) is 11.4. The Morgan fingerprint density at radius 3 is 2.38 bits per heavy atom. The summed E-state index contributed by atoms with van der Waals surface area (Å²) < 4.78 is 0. The van der Waals surface area contributed by atoms with Gasteiger partial charge >= 0.3 is 0 Å². The molecular weight excluding hydrogens is 282 g/mol. The highest BCUT2D eigenvalue weighted by atomic mass is 35.5. The first-order valence-corrected chi connectivity index (χ1v) is 7.82. The number of benzene rings is 2. The van der Waals surface area contributed by atoms with Gasteiger partial charge in [-0.25, -0.2) is 0 Å². The summed E-state index contributed by atoms with van der Waals surface area (Å²) in [6.07, 6.45) is 2.90. The summed E-state index contributed by atoms with van der Waals surface area (Å²) in [4.78, 5) is 0. The van der Waals surface area contributed by atoms with Crippen LogP contribution in [0.15, 0.2) is 42.5 Å². The topological polar surface area (TPSA) is 46.2 Å². The van der Waals surface area contributed by atoms with E-state index in [0.717, 1.165) is 24.0 Å². The lowest BCUT2D eigenvalue weighted by Crippen LogP contribution is -2.20. The maximum absolute atomic E-state index is 10.7. The van der Waals surface area contributed by atoms with Gasteiger partial charge in [-0.05, 0) is 53.6 Å². The van der Waals surface area contributed by atoms with Crippen LogP contribution in [0.2, 0.25) is 5.02 Å². The number of aliphatic hydroxyl groups excluding tert-OH is 1. The molecule has 2 aromatic carbocycles. The van der Waals surface area contributed by atoms with E-state index in [1.165, 1.54) is 17.5 Å². The molecule has 0 spiro atoms. The zero-order valence-electron chi connectivity index (χ0n) is 11.9. The lowest BCUT2D eigenvalue weighted by molar-refractivity contribution is 0.147. The molecule has 0 fully saturated rings. The third-order valence-electron chi connectivity index (χ3n) is 4.40. The molecule has 2 atom stereocenters. The molecule has 21 heavy (non-hydrogen) atoms. The van der Waals surface area contributed by atoms with Crippen molar-refractivity contribution in [3.8, 4) is 0 Å². The zero-order valence-corrected chi connectivity index (χ0v) is 12.7. The number of nitrogens with two attached hydrogens (primary N) is 1.